The number of fused-ring (bicyclic) bond motifs is 1. The van der Waals surface area contributed by atoms with Gasteiger partial charge < -0.3 is 9.72 Å². The van der Waals surface area contributed by atoms with Crippen molar-refractivity contribution in [3.8, 4) is 0 Å². The Kier molecular flexibility index (Phi) is 3.98. The van der Waals surface area contributed by atoms with Gasteiger partial charge in [0.1, 0.15) is 11.2 Å². The zero-order chi connectivity index (χ0) is 19.2. The maximum Gasteiger partial charge on any atom is 0.325 e. The van der Waals surface area contributed by atoms with Gasteiger partial charge in [-0.05, 0) is 36.1 Å². The molecular formula is C21H22N4O2. The fourth-order valence-electron chi connectivity index (χ4n) is 3.46. The number of amides is 3. The number of nitrogens with one attached hydrogen (secondary N) is 1. The zero-order valence-electron chi connectivity index (χ0n) is 15.6. The lowest BCUT2D eigenvalue weighted by Gasteiger charge is -2.22. The van der Waals surface area contributed by atoms with Crippen molar-refractivity contribution in [1.82, 2.24) is 19.6 Å². The number of carbonyl (C=O) groups is 2. The van der Waals surface area contributed by atoms with E-state index in [0.717, 1.165) is 11.2 Å². The number of imide groups is 1. The van der Waals surface area contributed by atoms with E-state index in [2.05, 4.69) is 24.1 Å². The van der Waals surface area contributed by atoms with Gasteiger partial charge >= 0.3 is 6.03 Å². The van der Waals surface area contributed by atoms with Crippen LogP contribution in [0.3, 0.4) is 0 Å². The first-order chi connectivity index (χ1) is 12.9. The second-order valence-corrected chi connectivity index (χ2v) is 7.42. The van der Waals surface area contributed by atoms with Crippen LogP contribution in [0.1, 0.15) is 43.5 Å². The summed E-state index contributed by atoms with van der Waals surface area (Å²) in [5, 5.41) is 2.85. The molecular weight excluding hydrogens is 340 g/mol. The number of nitrogens with zero attached hydrogens (tertiary/aromatic N) is 3. The van der Waals surface area contributed by atoms with E-state index in [1.165, 1.54) is 10.5 Å². The highest BCUT2D eigenvalue weighted by atomic mass is 16.2. The second-order valence-electron chi connectivity index (χ2n) is 7.42. The molecule has 138 valence electrons. The molecule has 2 aromatic heterocycles. The largest absolute Gasteiger partial charge is 0.325 e. The fourth-order valence-corrected chi connectivity index (χ4v) is 3.46. The Hall–Kier alpha value is -3.15. The van der Waals surface area contributed by atoms with E-state index in [-0.39, 0.29) is 12.5 Å². The van der Waals surface area contributed by atoms with Crippen molar-refractivity contribution in [1.29, 1.82) is 0 Å². The lowest BCUT2D eigenvalue weighted by atomic mass is 9.90. The Bertz CT molecular complexity index is 989. The van der Waals surface area contributed by atoms with E-state index in [0.29, 0.717) is 11.6 Å². The van der Waals surface area contributed by atoms with Gasteiger partial charge in [0.15, 0.2) is 0 Å². The van der Waals surface area contributed by atoms with Crippen molar-refractivity contribution < 1.29 is 9.59 Å². The predicted octanol–water partition coefficient (Wildman–Crippen LogP) is 3.42. The fraction of sp³-hybridized carbons (Fsp3) is 0.286. The number of imidazole rings is 1. The van der Waals surface area contributed by atoms with Crippen LogP contribution in [0.5, 0.6) is 0 Å². The molecule has 1 saturated heterocycles. The van der Waals surface area contributed by atoms with E-state index in [4.69, 9.17) is 0 Å². The average Bonchev–Trinajstić information content (AvgIpc) is 3.16. The summed E-state index contributed by atoms with van der Waals surface area (Å²) < 4.78 is 1.87. The van der Waals surface area contributed by atoms with E-state index >= 15 is 0 Å². The van der Waals surface area contributed by atoms with Gasteiger partial charge in [0.2, 0.25) is 0 Å². The Balaban J connectivity index is 1.60. The molecule has 1 aliphatic heterocycles. The van der Waals surface area contributed by atoms with E-state index in [1.54, 1.807) is 6.92 Å². The van der Waals surface area contributed by atoms with Gasteiger partial charge in [0.05, 0.1) is 12.2 Å². The number of urea groups is 1. The normalized spacial score (nSPS) is 19.9. The third-order valence-electron chi connectivity index (χ3n) is 5.16. The molecule has 6 nitrogen and oxygen atoms in total. The van der Waals surface area contributed by atoms with Crippen LogP contribution in [-0.4, -0.2) is 26.2 Å². The highest BCUT2D eigenvalue weighted by Crippen LogP contribution is 2.30. The molecule has 6 heteroatoms. The number of carbonyl (C=O) groups excluding carboxylic acids is 2. The van der Waals surface area contributed by atoms with E-state index in [9.17, 15) is 9.59 Å². The number of benzene rings is 1. The van der Waals surface area contributed by atoms with Crippen LogP contribution in [-0.2, 0) is 16.9 Å². The van der Waals surface area contributed by atoms with Gasteiger partial charge in [0, 0.05) is 12.4 Å². The molecule has 0 spiro atoms. The first-order valence-corrected chi connectivity index (χ1v) is 9.05. The van der Waals surface area contributed by atoms with E-state index in [1.807, 2.05) is 59.3 Å². The highest BCUT2D eigenvalue weighted by Gasteiger charge is 2.49. The Morgan fingerprint density at radius 2 is 1.85 bits per heavy atom. The van der Waals surface area contributed by atoms with Crippen LogP contribution in [0, 0.1) is 0 Å². The monoisotopic (exact) mass is 362 g/mol. The number of rotatable bonds is 4. The van der Waals surface area contributed by atoms with Crippen LogP contribution in [0.25, 0.3) is 5.65 Å². The Morgan fingerprint density at radius 3 is 2.52 bits per heavy atom. The van der Waals surface area contributed by atoms with E-state index < -0.39 is 11.6 Å². The summed E-state index contributed by atoms with van der Waals surface area (Å²) in [5.74, 6) is 0.147. The zero-order valence-corrected chi connectivity index (χ0v) is 15.6. The van der Waals surface area contributed by atoms with Gasteiger partial charge in [-0.15, -0.1) is 0 Å². The quantitative estimate of drug-likeness (QED) is 0.723. The molecule has 1 fully saturated rings. The SMILES string of the molecule is CC(C)c1ccc(C2(C)NC(=O)N(Cc3cn4ccccc4n3)C2=O)cc1. The molecule has 1 unspecified atom stereocenters. The third-order valence-corrected chi connectivity index (χ3v) is 5.16. The summed E-state index contributed by atoms with van der Waals surface area (Å²) in [5.41, 5.74) is 2.37. The molecule has 4 rings (SSSR count). The van der Waals surface area contributed by atoms with Gasteiger partial charge in [-0.2, -0.15) is 0 Å². The maximum absolute atomic E-state index is 13.1. The van der Waals surface area contributed by atoms with Crippen LogP contribution < -0.4 is 5.32 Å². The topological polar surface area (TPSA) is 66.7 Å². The van der Waals surface area contributed by atoms with Crippen LogP contribution in [0.4, 0.5) is 4.79 Å². The molecule has 0 bridgehead atoms. The molecule has 1 N–H and O–H groups in total. The number of hydrogen-bond acceptors (Lipinski definition) is 3. The summed E-state index contributed by atoms with van der Waals surface area (Å²) in [7, 11) is 0. The molecule has 0 radical (unpaired) electrons. The predicted molar refractivity (Wildman–Crippen MR) is 102 cm³/mol. The van der Waals surface area contributed by atoms with Gasteiger partial charge in [0.25, 0.3) is 5.91 Å². The number of hydrogen-bond donors (Lipinski definition) is 1. The van der Waals surface area contributed by atoms with Crippen LogP contribution in [0.15, 0.2) is 54.9 Å². The highest BCUT2D eigenvalue weighted by molar-refractivity contribution is 6.07. The van der Waals surface area contributed by atoms with Crippen molar-refractivity contribution in [3.05, 3.63) is 71.7 Å². The molecule has 0 aliphatic carbocycles. The average molecular weight is 362 g/mol. The van der Waals surface area contributed by atoms with Crippen molar-refractivity contribution in [2.75, 3.05) is 0 Å². The molecule has 27 heavy (non-hydrogen) atoms. The molecule has 3 aromatic rings. The van der Waals surface area contributed by atoms with Crippen LogP contribution >= 0.6 is 0 Å². The van der Waals surface area contributed by atoms with Crippen molar-refractivity contribution in [3.63, 3.8) is 0 Å². The first-order valence-electron chi connectivity index (χ1n) is 9.05. The number of aromatic nitrogens is 2. The second kappa shape index (κ2) is 6.23. The third kappa shape index (κ3) is 2.87. The summed E-state index contributed by atoms with van der Waals surface area (Å²) in [6, 6.07) is 13.2. The summed E-state index contributed by atoms with van der Waals surface area (Å²) >= 11 is 0. The summed E-state index contributed by atoms with van der Waals surface area (Å²) in [6.07, 6.45) is 3.72. The Labute approximate surface area is 157 Å². The Morgan fingerprint density at radius 1 is 1.11 bits per heavy atom. The van der Waals surface area contributed by atoms with Crippen LogP contribution in [0.2, 0.25) is 0 Å². The standard InChI is InChI=1S/C21H22N4O2/c1-14(2)15-7-9-16(10-8-15)21(3)19(26)25(20(27)23-21)13-17-12-24-11-5-4-6-18(24)22-17/h4-12,14H,13H2,1-3H3,(H,23,27). The minimum Gasteiger partial charge on any atom is -0.319 e. The lowest BCUT2D eigenvalue weighted by molar-refractivity contribution is -0.131. The first kappa shape index (κ1) is 17.3. The molecule has 0 saturated carbocycles. The smallest absolute Gasteiger partial charge is 0.319 e. The molecule has 1 atom stereocenters. The maximum atomic E-state index is 13.1. The van der Waals surface area contributed by atoms with Gasteiger partial charge in [-0.3, -0.25) is 9.69 Å². The van der Waals surface area contributed by atoms with Crippen molar-refractivity contribution in [2.24, 2.45) is 0 Å². The molecule has 1 aromatic carbocycles. The lowest BCUT2D eigenvalue weighted by Crippen LogP contribution is -2.40. The number of pyridine rings is 1. The summed E-state index contributed by atoms with van der Waals surface area (Å²) in [6.45, 7) is 6.14. The van der Waals surface area contributed by atoms with Crippen molar-refractivity contribution >= 4 is 17.6 Å². The molecule has 3 amide bonds. The minimum absolute atomic E-state index is 0.145. The molecule has 3 heterocycles. The van der Waals surface area contributed by atoms with Gasteiger partial charge in [-0.1, -0.05) is 44.2 Å². The van der Waals surface area contributed by atoms with Gasteiger partial charge in [-0.25, -0.2) is 9.78 Å². The molecule has 1 aliphatic rings. The van der Waals surface area contributed by atoms with Crippen molar-refractivity contribution in [2.45, 2.75) is 38.8 Å². The summed E-state index contributed by atoms with van der Waals surface area (Å²) in [4.78, 5) is 31.3. The minimum atomic E-state index is -1.06.